The summed E-state index contributed by atoms with van der Waals surface area (Å²) in [5, 5.41) is 19.2. The van der Waals surface area contributed by atoms with Gasteiger partial charge in [-0.05, 0) is 32.3 Å². The number of aliphatic hydroxyl groups is 1. The Morgan fingerprint density at radius 2 is 2.00 bits per heavy atom. The van der Waals surface area contributed by atoms with E-state index in [2.05, 4.69) is 32.0 Å². The Morgan fingerprint density at radius 3 is 2.76 bits per heavy atom. The maximum absolute atomic E-state index is 14.3. The van der Waals surface area contributed by atoms with Crippen LogP contribution < -0.4 is 10.6 Å². The molecule has 1 aliphatic heterocycles. The Morgan fingerprint density at radius 1 is 1.21 bits per heavy atom. The summed E-state index contributed by atoms with van der Waals surface area (Å²) < 4.78 is 31.2. The van der Waals surface area contributed by atoms with Crippen LogP contribution in [0, 0.1) is 17.6 Å². The van der Waals surface area contributed by atoms with Crippen molar-refractivity contribution >= 4 is 28.2 Å². The molecule has 174 valence electrons. The molecule has 1 fully saturated rings. The molecule has 3 N–H and O–H groups in total. The van der Waals surface area contributed by atoms with Crippen molar-refractivity contribution in [1.82, 2.24) is 29.4 Å². The lowest BCUT2D eigenvalue weighted by atomic mass is 9.90. The van der Waals surface area contributed by atoms with E-state index in [1.54, 1.807) is 24.7 Å². The molecule has 0 saturated carbocycles. The average Bonchev–Trinajstić information content (AvgIpc) is 3.35. The van der Waals surface area contributed by atoms with Crippen LogP contribution in [0.2, 0.25) is 0 Å². The molecule has 0 bridgehead atoms. The molecule has 1 aliphatic rings. The third-order valence-corrected chi connectivity index (χ3v) is 5.89. The van der Waals surface area contributed by atoms with Crippen LogP contribution in [0.25, 0.3) is 16.6 Å². The van der Waals surface area contributed by atoms with Gasteiger partial charge in [-0.3, -0.25) is 4.68 Å². The van der Waals surface area contributed by atoms with Crippen LogP contribution in [0.4, 0.5) is 20.4 Å². The van der Waals surface area contributed by atoms with E-state index in [1.807, 2.05) is 6.20 Å². The average molecular weight is 457 g/mol. The minimum absolute atomic E-state index is 0.00429. The largest absolute Gasteiger partial charge is 0.389 e. The molecule has 0 radical (unpaired) electrons. The standard InChI is InChI=1S/C22H26F2N8O/c1-12-4-13(9-30(8-12)15-7-26-31(10-15)11-22(2,3)33)19-28-20-16-5-14(23)6-17(24)18(16)27-21(25)32(20)29-19/h5-7,10,12-13,33H,4,8-9,11H2,1-3H3,(H2,25,27). The van der Waals surface area contributed by atoms with Gasteiger partial charge >= 0.3 is 0 Å². The summed E-state index contributed by atoms with van der Waals surface area (Å²) >= 11 is 0. The zero-order valence-corrected chi connectivity index (χ0v) is 18.7. The van der Waals surface area contributed by atoms with Crippen molar-refractivity contribution in [3.63, 3.8) is 0 Å². The van der Waals surface area contributed by atoms with Crippen molar-refractivity contribution in [2.75, 3.05) is 23.7 Å². The summed E-state index contributed by atoms with van der Waals surface area (Å²) in [5.74, 6) is -0.603. The fraction of sp³-hybridized carbons (Fsp3) is 0.455. The second-order valence-electron chi connectivity index (χ2n) is 9.61. The molecule has 11 heteroatoms. The van der Waals surface area contributed by atoms with Gasteiger partial charge in [-0.2, -0.15) is 9.61 Å². The Kier molecular flexibility index (Phi) is 4.96. The second kappa shape index (κ2) is 7.62. The van der Waals surface area contributed by atoms with E-state index in [0.29, 0.717) is 24.8 Å². The summed E-state index contributed by atoms with van der Waals surface area (Å²) in [5.41, 5.74) is 6.36. The van der Waals surface area contributed by atoms with E-state index in [0.717, 1.165) is 24.7 Å². The van der Waals surface area contributed by atoms with Gasteiger partial charge in [0.25, 0.3) is 0 Å². The molecule has 2 unspecified atom stereocenters. The number of aromatic nitrogens is 6. The lowest BCUT2D eigenvalue weighted by Crippen LogP contribution is -2.39. The lowest BCUT2D eigenvalue weighted by molar-refractivity contribution is 0.0577. The molecule has 0 spiro atoms. The van der Waals surface area contributed by atoms with Crippen molar-refractivity contribution in [2.24, 2.45) is 5.92 Å². The number of anilines is 2. The minimum Gasteiger partial charge on any atom is -0.389 e. The van der Waals surface area contributed by atoms with Crippen molar-refractivity contribution in [3.8, 4) is 0 Å². The summed E-state index contributed by atoms with van der Waals surface area (Å²) in [7, 11) is 0. The summed E-state index contributed by atoms with van der Waals surface area (Å²) in [4.78, 5) is 10.9. The Balaban J connectivity index is 1.49. The molecule has 4 aromatic rings. The fourth-order valence-corrected chi connectivity index (χ4v) is 4.60. The van der Waals surface area contributed by atoms with Gasteiger partial charge in [-0.1, -0.05) is 6.92 Å². The number of hydrogen-bond donors (Lipinski definition) is 2. The van der Waals surface area contributed by atoms with Gasteiger partial charge in [0.2, 0.25) is 5.95 Å². The van der Waals surface area contributed by atoms with Crippen molar-refractivity contribution in [3.05, 3.63) is 42.0 Å². The van der Waals surface area contributed by atoms with Crippen LogP contribution >= 0.6 is 0 Å². The third-order valence-electron chi connectivity index (χ3n) is 5.89. The van der Waals surface area contributed by atoms with Gasteiger partial charge in [-0.25, -0.2) is 18.7 Å². The van der Waals surface area contributed by atoms with Gasteiger partial charge in [0.15, 0.2) is 17.3 Å². The molecular formula is C22H26F2N8O. The van der Waals surface area contributed by atoms with Gasteiger partial charge in [-0.15, -0.1) is 5.10 Å². The van der Waals surface area contributed by atoms with E-state index in [4.69, 9.17) is 5.73 Å². The second-order valence-corrected chi connectivity index (χ2v) is 9.61. The smallest absolute Gasteiger partial charge is 0.223 e. The number of piperidine rings is 1. The molecule has 5 rings (SSSR count). The van der Waals surface area contributed by atoms with Crippen molar-refractivity contribution in [1.29, 1.82) is 0 Å². The predicted octanol–water partition coefficient (Wildman–Crippen LogP) is 2.74. The zero-order chi connectivity index (χ0) is 23.5. The molecular weight excluding hydrogens is 430 g/mol. The third kappa shape index (κ3) is 4.08. The number of halogens is 2. The van der Waals surface area contributed by atoms with Crippen LogP contribution in [0.1, 0.15) is 38.9 Å². The monoisotopic (exact) mass is 456 g/mol. The van der Waals surface area contributed by atoms with Gasteiger partial charge in [0.05, 0.1) is 29.4 Å². The van der Waals surface area contributed by atoms with E-state index in [-0.39, 0.29) is 28.4 Å². The van der Waals surface area contributed by atoms with Gasteiger partial charge < -0.3 is 15.7 Å². The Labute approximate surface area is 188 Å². The normalized spacial score (nSPS) is 19.6. The van der Waals surface area contributed by atoms with Gasteiger partial charge in [0, 0.05) is 31.3 Å². The predicted molar refractivity (Wildman–Crippen MR) is 120 cm³/mol. The molecule has 3 aromatic heterocycles. The van der Waals surface area contributed by atoms with E-state index < -0.39 is 17.2 Å². The molecule has 0 aliphatic carbocycles. The number of nitrogens with zero attached hydrogens (tertiary/aromatic N) is 7. The Hall–Kier alpha value is -3.34. The van der Waals surface area contributed by atoms with Crippen LogP contribution in [-0.2, 0) is 6.54 Å². The Bertz CT molecular complexity index is 1340. The van der Waals surface area contributed by atoms with Crippen LogP contribution in [0.5, 0.6) is 0 Å². The molecule has 1 aromatic carbocycles. The highest BCUT2D eigenvalue weighted by molar-refractivity contribution is 5.92. The molecule has 9 nitrogen and oxygen atoms in total. The summed E-state index contributed by atoms with van der Waals surface area (Å²) in [6, 6.07) is 1.98. The number of fused-ring (bicyclic) bond motifs is 3. The highest BCUT2D eigenvalue weighted by Crippen LogP contribution is 2.33. The van der Waals surface area contributed by atoms with Crippen molar-refractivity contribution < 1.29 is 13.9 Å². The van der Waals surface area contributed by atoms with Crippen molar-refractivity contribution in [2.45, 2.75) is 45.3 Å². The lowest BCUT2D eigenvalue weighted by Gasteiger charge is -2.36. The molecule has 1 saturated heterocycles. The highest BCUT2D eigenvalue weighted by Gasteiger charge is 2.30. The minimum atomic E-state index is -0.864. The number of hydrogen-bond acceptors (Lipinski definition) is 7. The maximum atomic E-state index is 14.3. The van der Waals surface area contributed by atoms with E-state index in [9.17, 15) is 13.9 Å². The quantitative estimate of drug-likeness (QED) is 0.486. The summed E-state index contributed by atoms with van der Waals surface area (Å²) in [6.45, 7) is 7.53. The first-order valence-corrected chi connectivity index (χ1v) is 10.9. The molecule has 0 amide bonds. The van der Waals surface area contributed by atoms with Crippen LogP contribution in [-0.4, -0.2) is 53.2 Å². The van der Waals surface area contributed by atoms with Crippen LogP contribution in [0.3, 0.4) is 0 Å². The first kappa shape index (κ1) is 21.5. The van der Waals surface area contributed by atoms with Crippen LogP contribution in [0.15, 0.2) is 24.5 Å². The zero-order valence-electron chi connectivity index (χ0n) is 18.7. The number of benzene rings is 1. The topological polar surface area (TPSA) is 110 Å². The highest BCUT2D eigenvalue weighted by atomic mass is 19.1. The molecule has 4 heterocycles. The number of nitrogens with two attached hydrogens (primary N) is 1. The molecule has 2 atom stereocenters. The van der Waals surface area contributed by atoms with E-state index >= 15 is 0 Å². The fourth-order valence-electron chi connectivity index (χ4n) is 4.60. The first-order chi connectivity index (χ1) is 15.6. The molecule has 33 heavy (non-hydrogen) atoms. The van der Waals surface area contributed by atoms with Gasteiger partial charge in [0.1, 0.15) is 11.3 Å². The maximum Gasteiger partial charge on any atom is 0.223 e. The first-order valence-electron chi connectivity index (χ1n) is 10.9. The van der Waals surface area contributed by atoms with E-state index in [1.165, 1.54) is 10.6 Å². The summed E-state index contributed by atoms with van der Waals surface area (Å²) in [6.07, 6.45) is 4.57. The SMILES string of the molecule is CC1CC(c2nc3c4cc(F)cc(F)c4nc(N)n3n2)CN(c2cnn(CC(C)(C)O)c2)C1. The number of rotatable bonds is 4. The number of nitrogen functional groups attached to an aromatic ring is 1.